The maximum absolute atomic E-state index is 16.0. The summed E-state index contributed by atoms with van der Waals surface area (Å²) in [5.41, 5.74) is 4.56. The maximum atomic E-state index is 16.0. The van der Waals surface area contributed by atoms with Crippen molar-refractivity contribution in [3.05, 3.63) is 66.2 Å². The van der Waals surface area contributed by atoms with Crippen LogP contribution in [0.4, 0.5) is 10.1 Å². The molecule has 1 aromatic carbocycles. The Bertz CT molecular complexity index is 1790. The van der Waals surface area contributed by atoms with E-state index in [1.165, 1.54) is 6.20 Å². The van der Waals surface area contributed by atoms with Gasteiger partial charge in [-0.1, -0.05) is 24.6 Å². The largest absolute Gasteiger partial charge is 0.337 e. The van der Waals surface area contributed by atoms with Crippen LogP contribution in [0.2, 0.25) is 0 Å². The molecule has 8 nitrogen and oxygen atoms in total. The number of hydrogen-bond acceptors (Lipinski definition) is 6. The Balaban J connectivity index is 1.30. The van der Waals surface area contributed by atoms with Crippen molar-refractivity contribution in [2.45, 2.75) is 19.3 Å². The minimum Gasteiger partial charge on any atom is -0.337 e. The molecule has 0 spiro atoms. The molecule has 0 atom stereocenters. The average molecular weight is 510 g/mol. The molecule has 1 amide bonds. The van der Waals surface area contributed by atoms with E-state index in [0.717, 1.165) is 40.7 Å². The minimum atomic E-state index is -0.538. The monoisotopic (exact) mass is 509 g/mol. The summed E-state index contributed by atoms with van der Waals surface area (Å²) < 4.78 is 16.0. The van der Waals surface area contributed by atoms with Gasteiger partial charge in [-0.2, -0.15) is 5.10 Å². The molecular formula is C27H20FN7OS. The van der Waals surface area contributed by atoms with E-state index < -0.39 is 5.82 Å². The molecule has 37 heavy (non-hydrogen) atoms. The number of halogens is 1. The Morgan fingerprint density at radius 2 is 2.00 bits per heavy atom. The zero-order valence-corrected chi connectivity index (χ0v) is 20.3. The molecule has 0 unspecified atom stereocenters. The first-order valence-corrected chi connectivity index (χ1v) is 12.9. The first kappa shape index (κ1) is 21.8. The molecule has 1 aliphatic rings. The molecule has 0 saturated heterocycles. The standard InChI is InChI=1S/C27H20FN7OS/c28-22-21-19(13-30-23(22)15-10-16(12-29-11-15)31-27(36)14-4-1-5-14)34-35-25(21)26-32-18-7-2-6-17(24(18)33-26)20-8-3-9-37-20/h2-3,6-14H,1,4-5H2,(H,31,36)(H,32,33)(H,34,35). The van der Waals surface area contributed by atoms with Crippen molar-refractivity contribution in [2.24, 2.45) is 5.92 Å². The predicted octanol–water partition coefficient (Wildman–Crippen LogP) is 6.17. The van der Waals surface area contributed by atoms with Crippen molar-refractivity contribution in [3.63, 3.8) is 0 Å². The molecule has 1 aliphatic carbocycles. The van der Waals surface area contributed by atoms with Crippen molar-refractivity contribution in [1.82, 2.24) is 30.1 Å². The number of fused-ring (bicyclic) bond motifs is 2. The van der Waals surface area contributed by atoms with Gasteiger partial charge in [0.1, 0.15) is 11.4 Å². The van der Waals surface area contributed by atoms with Gasteiger partial charge in [-0.25, -0.2) is 9.37 Å². The third-order valence-corrected chi connectivity index (χ3v) is 7.73. The van der Waals surface area contributed by atoms with Gasteiger partial charge in [0, 0.05) is 28.1 Å². The first-order chi connectivity index (χ1) is 18.2. The number of para-hydroxylation sites is 1. The fraction of sp³-hybridized carbons (Fsp3) is 0.148. The molecular weight excluding hydrogens is 489 g/mol. The molecule has 182 valence electrons. The van der Waals surface area contributed by atoms with Gasteiger partial charge in [0.25, 0.3) is 0 Å². The molecule has 3 N–H and O–H groups in total. The molecule has 0 aliphatic heterocycles. The van der Waals surface area contributed by atoms with Gasteiger partial charge < -0.3 is 10.3 Å². The van der Waals surface area contributed by atoms with Crippen LogP contribution in [0.5, 0.6) is 0 Å². The van der Waals surface area contributed by atoms with Crippen LogP contribution in [-0.2, 0) is 4.79 Å². The second-order valence-electron chi connectivity index (χ2n) is 9.13. The van der Waals surface area contributed by atoms with Gasteiger partial charge in [0.05, 0.1) is 40.0 Å². The smallest absolute Gasteiger partial charge is 0.227 e. The zero-order valence-electron chi connectivity index (χ0n) is 19.5. The molecule has 5 heterocycles. The number of nitrogens with zero attached hydrogens (tertiary/aromatic N) is 4. The number of carbonyl (C=O) groups excluding carboxylic acids is 1. The lowest BCUT2D eigenvalue weighted by molar-refractivity contribution is -0.122. The number of hydrogen-bond donors (Lipinski definition) is 3. The number of rotatable bonds is 5. The number of aromatic amines is 2. The summed E-state index contributed by atoms with van der Waals surface area (Å²) in [5.74, 6) is -0.0732. The van der Waals surface area contributed by atoms with E-state index in [2.05, 4.69) is 30.5 Å². The number of thiophene rings is 1. The number of anilines is 1. The van der Waals surface area contributed by atoms with E-state index in [1.54, 1.807) is 29.8 Å². The Morgan fingerprint density at radius 3 is 2.81 bits per heavy atom. The lowest BCUT2D eigenvalue weighted by Gasteiger charge is -2.24. The molecule has 6 aromatic rings. The normalized spacial score (nSPS) is 13.8. The molecule has 0 bridgehead atoms. The molecule has 0 radical (unpaired) electrons. The van der Waals surface area contributed by atoms with Crippen molar-refractivity contribution < 1.29 is 9.18 Å². The Labute approximate surface area is 214 Å². The lowest BCUT2D eigenvalue weighted by Crippen LogP contribution is -2.28. The highest BCUT2D eigenvalue weighted by molar-refractivity contribution is 7.13. The topological polar surface area (TPSA) is 112 Å². The number of aromatic nitrogens is 6. The van der Waals surface area contributed by atoms with Gasteiger partial charge in [-0.05, 0) is 36.4 Å². The summed E-state index contributed by atoms with van der Waals surface area (Å²) >= 11 is 1.64. The van der Waals surface area contributed by atoms with Gasteiger partial charge in [-0.3, -0.25) is 19.9 Å². The SMILES string of the molecule is O=C(Nc1cncc(-c2ncc3[nH]nc(-c4nc5c(-c6cccs6)cccc5[nH]4)c3c2F)c1)C1CCC1. The van der Waals surface area contributed by atoms with Crippen molar-refractivity contribution >= 4 is 44.9 Å². The van der Waals surface area contributed by atoms with Crippen LogP contribution in [0.1, 0.15) is 19.3 Å². The summed E-state index contributed by atoms with van der Waals surface area (Å²) in [6, 6.07) is 11.7. The van der Waals surface area contributed by atoms with E-state index in [0.29, 0.717) is 28.3 Å². The van der Waals surface area contributed by atoms with Crippen molar-refractivity contribution in [3.8, 4) is 33.2 Å². The van der Waals surface area contributed by atoms with Crippen LogP contribution in [0.3, 0.4) is 0 Å². The average Bonchev–Trinajstić information content (AvgIpc) is 3.62. The second-order valence-corrected chi connectivity index (χ2v) is 10.1. The van der Waals surface area contributed by atoms with Gasteiger partial charge in [0.2, 0.25) is 5.91 Å². The lowest BCUT2D eigenvalue weighted by atomic mass is 9.85. The highest BCUT2D eigenvalue weighted by Gasteiger charge is 2.26. The van der Waals surface area contributed by atoms with Crippen LogP contribution >= 0.6 is 11.3 Å². The summed E-state index contributed by atoms with van der Waals surface area (Å²) in [5, 5.41) is 12.4. The Kier molecular flexibility index (Phi) is 5.07. The van der Waals surface area contributed by atoms with Crippen LogP contribution in [0, 0.1) is 11.7 Å². The highest BCUT2D eigenvalue weighted by atomic mass is 32.1. The summed E-state index contributed by atoms with van der Waals surface area (Å²) in [6.45, 7) is 0. The maximum Gasteiger partial charge on any atom is 0.227 e. The highest BCUT2D eigenvalue weighted by Crippen LogP contribution is 2.36. The number of imidazole rings is 1. The second kappa shape index (κ2) is 8.59. The number of amides is 1. The molecule has 5 aromatic heterocycles. The van der Waals surface area contributed by atoms with E-state index in [9.17, 15) is 4.79 Å². The molecule has 7 rings (SSSR count). The quantitative estimate of drug-likeness (QED) is 0.257. The number of carbonyl (C=O) groups is 1. The summed E-state index contributed by atoms with van der Waals surface area (Å²) in [7, 11) is 0. The van der Waals surface area contributed by atoms with Gasteiger partial charge in [0.15, 0.2) is 11.6 Å². The molecule has 10 heteroatoms. The van der Waals surface area contributed by atoms with E-state index in [1.807, 2.05) is 35.7 Å². The van der Waals surface area contributed by atoms with E-state index in [-0.39, 0.29) is 22.9 Å². The van der Waals surface area contributed by atoms with E-state index in [4.69, 9.17) is 4.98 Å². The van der Waals surface area contributed by atoms with Crippen LogP contribution in [0.25, 0.3) is 55.2 Å². The van der Waals surface area contributed by atoms with Crippen LogP contribution in [-0.4, -0.2) is 36.0 Å². The fourth-order valence-corrected chi connectivity index (χ4v) is 5.43. The predicted molar refractivity (Wildman–Crippen MR) is 141 cm³/mol. The summed E-state index contributed by atoms with van der Waals surface area (Å²) in [4.78, 5) is 30.1. The van der Waals surface area contributed by atoms with Gasteiger partial charge in [-0.15, -0.1) is 11.3 Å². The van der Waals surface area contributed by atoms with Crippen LogP contribution < -0.4 is 5.32 Å². The fourth-order valence-electron chi connectivity index (χ4n) is 4.68. The number of nitrogens with one attached hydrogen (secondary N) is 3. The minimum absolute atomic E-state index is 0.0296. The Morgan fingerprint density at radius 1 is 1.08 bits per heavy atom. The van der Waals surface area contributed by atoms with Crippen molar-refractivity contribution in [1.29, 1.82) is 0 Å². The van der Waals surface area contributed by atoms with E-state index >= 15 is 4.39 Å². The molecule has 1 fully saturated rings. The van der Waals surface area contributed by atoms with Gasteiger partial charge >= 0.3 is 0 Å². The first-order valence-electron chi connectivity index (χ1n) is 12.0. The van der Waals surface area contributed by atoms with Crippen LogP contribution in [0.15, 0.2) is 60.4 Å². The third-order valence-electron chi connectivity index (χ3n) is 6.82. The number of H-pyrrole nitrogens is 2. The Hall–Kier alpha value is -4.44. The zero-order chi connectivity index (χ0) is 24.9. The molecule has 1 saturated carbocycles. The number of pyridine rings is 2. The number of benzene rings is 1. The van der Waals surface area contributed by atoms with Crippen molar-refractivity contribution in [2.75, 3.05) is 5.32 Å². The third kappa shape index (κ3) is 3.68. The summed E-state index contributed by atoms with van der Waals surface area (Å²) in [6.07, 6.45) is 7.49.